The quantitative estimate of drug-likeness (QED) is 0.689. The largest absolute Gasteiger partial charge is 0.392 e. The van der Waals surface area contributed by atoms with Crippen LogP contribution in [0.1, 0.15) is 41.0 Å². The summed E-state index contributed by atoms with van der Waals surface area (Å²) in [6.45, 7) is 11.6. The van der Waals surface area contributed by atoms with Crippen LogP contribution >= 0.6 is 11.8 Å². The van der Waals surface area contributed by atoms with Crippen molar-refractivity contribution < 1.29 is 5.11 Å². The fourth-order valence-corrected chi connectivity index (χ4v) is 2.83. The molecule has 0 bridgehead atoms. The summed E-state index contributed by atoms with van der Waals surface area (Å²) in [4.78, 5) is 0. The van der Waals surface area contributed by atoms with Crippen LogP contribution < -0.4 is 5.32 Å². The van der Waals surface area contributed by atoms with Crippen LogP contribution in [0.5, 0.6) is 0 Å². The lowest BCUT2D eigenvalue weighted by Gasteiger charge is -2.22. The Morgan fingerprint density at radius 3 is 2.21 bits per heavy atom. The first-order valence-electron chi connectivity index (χ1n) is 5.54. The maximum absolute atomic E-state index is 9.37. The summed E-state index contributed by atoms with van der Waals surface area (Å²) in [6, 6.07) is 0.573. The minimum absolute atomic E-state index is 0.211. The molecule has 0 aliphatic heterocycles. The Morgan fingerprint density at radius 1 is 1.21 bits per heavy atom. The van der Waals surface area contributed by atoms with Crippen molar-refractivity contribution in [1.82, 2.24) is 5.32 Å². The first kappa shape index (κ1) is 14.3. The maximum atomic E-state index is 9.37. The van der Waals surface area contributed by atoms with Gasteiger partial charge < -0.3 is 10.4 Å². The Kier molecular flexibility index (Phi) is 7.69. The Hall–Kier alpha value is 0.270. The van der Waals surface area contributed by atoms with E-state index in [1.54, 1.807) is 0 Å². The van der Waals surface area contributed by atoms with Gasteiger partial charge in [-0.15, -0.1) is 0 Å². The fourth-order valence-electron chi connectivity index (χ4n) is 1.47. The van der Waals surface area contributed by atoms with Gasteiger partial charge in [-0.3, -0.25) is 0 Å². The second kappa shape index (κ2) is 7.55. The Balaban J connectivity index is 3.68. The molecule has 0 rings (SSSR count). The standard InChI is InChI=1S/C11H25NOS/c1-6-12-8(2)7-9(3)14-11(5)10(4)13/h8-13H,6-7H2,1-5H3. The van der Waals surface area contributed by atoms with Crippen LogP contribution in [0.2, 0.25) is 0 Å². The molecule has 14 heavy (non-hydrogen) atoms. The zero-order chi connectivity index (χ0) is 11.1. The van der Waals surface area contributed by atoms with E-state index in [1.807, 2.05) is 18.7 Å². The van der Waals surface area contributed by atoms with Crippen molar-refractivity contribution in [3.8, 4) is 0 Å². The van der Waals surface area contributed by atoms with Crippen LogP contribution in [-0.4, -0.2) is 34.3 Å². The summed E-state index contributed by atoms with van der Waals surface area (Å²) in [5, 5.41) is 13.7. The van der Waals surface area contributed by atoms with E-state index >= 15 is 0 Å². The predicted molar refractivity (Wildman–Crippen MR) is 66.0 cm³/mol. The van der Waals surface area contributed by atoms with E-state index in [1.165, 1.54) is 0 Å². The van der Waals surface area contributed by atoms with Crippen LogP contribution in [0.25, 0.3) is 0 Å². The van der Waals surface area contributed by atoms with E-state index in [2.05, 4.69) is 33.0 Å². The minimum Gasteiger partial charge on any atom is -0.392 e. The van der Waals surface area contributed by atoms with Gasteiger partial charge in [0.15, 0.2) is 0 Å². The van der Waals surface area contributed by atoms with Crippen molar-refractivity contribution in [3.05, 3.63) is 0 Å². The second-order valence-electron chi connectivity index (χ2n) is 4.09. The molecule has 0 radical (unpaired) electrons. The van der Waals surface area contributed by atoms with E-state index in [4.69, 9.17) is 0 Å². The second-order valence-corrected chi connectivity index (χ2v) is 5.91. The molecule has 0 saturated heterocycles. The molecule has 0 fully saturated rings. The van der Waals surface area contributed by atoms with Gasteiger partial charge >= 0.3 is 0 Å². The topological polar surface area (TPSA) is 32.3 Å². The smallest absolute Gasteiger partial charge is 0.0628 e. The molecule has 0 aromatic rings. The predicted octanol–water partition coefficient (Wildman–Crippen LogP) is 2.27. The van der Waals surface area contributed by atoms with Gasteiger partial charge in [-0.2, -0.15) is 11.8 Å². The molecule has 4 unspecified atom stereocenters. The summed E-state index contributed by atoms with van der Waals surface area (Å²) >= 11 is 1.87. The summed E-state index contributed by atoms with van der Waals surface area (Å²) in [5.41, 5.74) is 0. The van der Waals surface area contributed by atoms with Crippen molar-refractivity contribution in [1.29, 1.82) is 0 Å². The Bertz CT molecular complexity index is 141. The third kappa shape index (κ3) is 6.68. The van der Waals surface area contributed by atoms with Gasteiger partial charge in [0.25, 0.3) is 0 Å². The average Bonchev–Trinajstić information content (AvgIpc) is 2.03. The van der Waals surface area contributed by atoms with Gasteiger partial charge in [-0.25, -0.2) is 0 Å². The highest BCUT2D eigenvalue weighted by Crippen LogP contribution is 2.23. The van der Waals surface area contributed by atoms with Gasteiger partial charge in [0.1, 0.15) is 0 Å². The van der Waals surface area contributed by atoms with Crippen LogP contribution in [0.15, 0.2) is 0 Å². The first-order valence-corrected chi connectivity index (χ1v) is 6.48. The molecule has 0 aliphatic rings. The highest BCUT2D eigenvalue weighted by molar-refractivity contribution is 8.00. The molecular formula is C11H25NOS. The molecule has 2 N–H and O–H groups in total. The maximum Gasteiger partial charge on any atom is 0.0628 e. The minimum atomic E-state index is -0.211. The third-order valence-corrected chi connectivity index (χ3v) is 3.84. The van der Waals surface area contributed by atoms with Gasteiger partial charge in [0.2, 0.25) is 0 Å². The lowest BCUT2D eigenvalue weighted by molar-refractivity contribution is 0.196. The SMILES string of the molecule is CCNC(C)CC(C)SC(C)C(C)O. The number of aliphatic hydroxyl groups excluding tert-OH is 1. The summed E-state index contributed by atoms with van der Waals surface area (Å²) < 4.78 is 0. The molecule has 0 saturated carbocycles. The molecule has 4 atom stereocenters. The van der Waals surface area contributed by atoms with Crippen molar-refractivity contribution in [2.45, 2.75) is 63.7 Å². The van der Waals surface area contributed by atoms with Crippen LogP contribution in [0.3, 0.4) is 0 Å². The van der Waals surface area contributed by atoms with E-state index in [9.17, 15) is 5.11 Å². The fraction of sp³-hybridized carbons (Fsp3) is 1.00. The third-order valence-electron chi connectivity index (χ3n) is 2.36. The van der Waals surface area contributed by atoms with Crippen molar-refractivity contribution in [2.24, 2.45) is 0 Å². The molecule has 0 aromatic carbocycles. The van der Waals surface area contributed by atoms with E-state index in [-0.39, 0.29) is 6.10 Å². The Labute approximate surface area is 92.9 Å². The van der Waals surface area contributed by atoms with Gasteiger partial charge in [-0.05, 0) is 26.8 Å². The monoisotopic (exact) mass is 219 g/mol. The van der Waals surface area contributed by atoms with Gasteiger partial charge in [-0.1, -0.05) is 20.8 Å². The number of nitrogens with one attached hydrogen (secondary N) is 1. The molecule has 0 spiro atoms. The highest BCUT2D eigenvalue weighted by atomic mass is 32.2. The number of hydrogen-bond acceptors (Lipinski definition) is 3. The lowest BCUT2D eigenvalue weighted by Crippen LogP contribution is -2.29. The normalized spacial score (nSPS) is 20.1. The molecule has 2 nitrogen and oxygen atoms in total. The van der Waals surface area contributed by atoms with E-state index in [0.29, 0.717) is 16.5 Å². The summed E-state index contributed by atoms with van der Waals surface area (Å²) in [7, 11) is 0. The molecule has 3 heteroatoms. The molecule has 0 aromatic heterocycles. The zero-order valence-corrected chi connectivity index (χ0v) is 10.9. The van der Waals surface area contributed by atoms with Crippen LogP contribution in [-0.2, 0) is 0 Å². The van der Waals surface area contributed by atoms with Gasteiger partial charge in [0, 0.05) is 16.5 Å². The lowest BCUT2D eigenvalue weighted by atomic mass is 10.2. The highest BCUT2D eigenvalue weighted by Gasteiger charge is 2.15. The van der Waals surface area contributed by atoms with Crippen LogP contribution in [0.4, 0.5) is 0 Å². The van der Waals surface area contributed by atoms with Crippen LogP contribution in [0, 0.1) is 0 Å². The number of aliphatic hydroxyl groups is 1. The zero-order valence-electron chi connectivity index (χ0n) is 10.1. The van der Waals surface area contributed by atoms with E-state index in [0.717, 1.165) is 13.0 Å². The van der Waals surface area contributed by atoms with Crippen molar-refractivity contribution >= 4 is 11.8 Å². The molecular weight excluding hydrogens is 194 g/mol. The first-order chi connectivity index (χ1) is 6.47. The Morgan fingerprint density at radius 2 is 1.79 bits per heavy atom. The average molecular weight is 219 g/mol. The van der Waals surface area contributed by atoms with Gasteiger partial charge in [0.05, 0.1) is 6.10 Å². The summed E-state index contributed by atoms with van der Waals surface area (Å²) in [6.07, 6.45) is 0.951. The number of rotatable bonds is 7. The van der Waals surface area contributed by atoms with E-state index < -0.39 is 0 Å². The summed E-state index contributed by atoms with van der Waals surface area (Å²) in [5.74, 6) is 0. The van der Waals surface area contributed by atoms with Crippen molar-refractivity contribution in [2.75, 3.05) is 6.54 Å². The molecule has 0 heterocycles. The molecule has 0 amide bonds. The number of thioether (sulfide) groups is 1. The molecule has 0 aliphatic carbocycles. The van der Waals surface area contributed by atoms with Crippen molar-refractivity contribution in [3.63, 3.8) is 0 Å². The number of hydrogen-bond donors (Lipinski definition) is 2. The molecule has 86 valence electrons.